The molecule has 1 aliphatic rings. The zero-order valence-electron chi connectivity index (χ0n) is 16.3. The van der Waals surface area contributed by atoms with Crippen LogP contribution in [0.15, 0.2) is 72.8 Å². The molecular weight excluding hydrogens is 401 g/mol. The first-order valence-electron chi connectivity index (χ1n) is 9.48. The molecule has 3 amide bonds. The lowest BCUT2D eigenvalue weighted by atomic mass is 10.1. The largest absolute Gasteiger partial charge is 0.482 e. The monoisotopic (exact) mass is 419 g/mol. The molecule has 156 valence electrons. The number of ether oxygens (including phenoxy) is 1. The van der Waals surface area contributed by atoms with Gasteiger partial charge in [-0.3, -0.25) is 19.3 Å². The van der Waals surface area contributed by atoms with Gasteiger partial charge < -0.3 is 15.4 Å². The lowest BCUT2D eigenvalue weighted by molar-refractivity contribution is -0.123. The third kappa shape index (κ3) is 4.69. The number of hydrogen-bond acceptors (Lipinski definition) is 4. The maximum atomic E-state index is 13.3. The maximum absolute atomic E-state index is 13.3. The Morgan fingerprint density at radius 2 is 1.68 bits per heavy atom. The van der Waals surface area contributed by atoms with Crippen LogP contribution in [0, 0.1) is 5.82 Å². The summed E-state index contributed by atoms with van der Waals surface area (Å²) >= 11 is 0. The number of fused-ring (bicyclic) bond motifs is 1. The summed E-state index contributed by atoms with van der Waals surface area (Å²) in [4.78, 5) is 38.6. The van der Waals surface area contributed by atoms with Crippen molar-refractivity contribution in [1.29, 1.82) is 0 Å². The molecule has 1 aliphatic heterocycles. The number of nitrogens with one attached hydrogen (secondary N) is 2. The van der Waals surface area contributed by atoms with Gasteiger partial charge in [0.25, 0.3) is 11.8 Å². The molecule has 0 fully saturated rings. The Morgan fingerprint density at radius 3 is 2.48 bits per heavy atom. The molecule has 1 heterocycles. The van der Waals surface area contributed by atoms with Gasteiger partial charge in [0.15, 0.2) is 6.61 Å². The number of carbonyl (C=O) groups is 3. The molecule has 0 radical (unpaired) electrons. The molecule has 4 rings (SSSR count). The van der Waals surface area contributed by atoms with Gasteiger partial charge in [0.05, 0.1) is 5.69 Å². The van der Waals surface area contributed by atoms with Gasteiger partial charge >= 0.3 is 0 Å². The fourth-order valence-electron chi connectivity index (χ4n) is 3.18. The van der Waals surface area contributed by atoms with Crippen molar-refractivity contribution in [2.24, 2.45) is 0 Å². The molecule has 0 aliphatic carbocycles. The topological polar surface area (TPSA) is 87.7 Å². The Bertz CT molecular complexity index is 1160. The number of amides is 3. The predicted octanol–water partition coefficient (Wildman–Crippen LogP) is 3.44. The zero-order chi connectivity index (χ0) is 21.8. The van der Waals surface area contributed by atoms with Gasteiger partial charge in [0.1, 0.15) is 18.1 Å². The molecule has 0 atom stereocenters. The molecule has 0 aromatic heterocycles. The van der Waals surface area contributed by atoms with Crippen LogP contribution in [0.25, 0.3) is 0 Å². The minimum atomic E-state index is -0.460. The van der Waals surface area contributed by atoms with Crippen LogP contribution < -0.4 is 20.3 Å². The van der Waals surface area contributed by atoms with Gasteiger partial charge in [0.2, 0.25) is 5.91 Å². The quantitative estimate of drug-likeness (QED) is 0.663. The summed E-state index contributed by atoms with van der Waals surface area (Å²) in [5.41, 5.74) is 1.53. The van der Waals surface area contributed by atoms with Crippen molar-refractivity contribution in [3.63, 3.8) is 0 Å². The second-order valence-corrected chi connectivity index (χ2v) is 6.83. The summed E-state index contributed by atoms with van der Waals surface area (Å²) in [6.45, 7) is -0.334. The third-order valence-corrected chi connectivity index (χ3v) is 4.60. The number of hydrogen-bond donors (Lipinski definition) is 2. The van der Waals surface area contributed by atoms with Crippen LogP contribution in [0.5, 0.6) is 5.75 Å². The molecule has 0 bridgehead atoms. The molecule has 3 aromatic carbocycles. The first-order valence-corrected chi connectivity index (χ1v) is 9.48. The van der Waals surface area contributed by atoms with Gasteiger partial charge in [0, 0.05) is 16.9 Å². The van der Waals surface area contributed by atoms with Crippen LogP contribution >= 0.6 is 0 Å². The Kier molecular flexibility index (Phi) is 5.61. The number of carbonyl (C=O) groups excluding carboxylic acids is 3. The fraction of sp³-hybridized carbons (Fsp3) is 0.0870. The lowest BCUT2D eigenvalue weighted by Gasteiger charge is -2.28. The number of nitrogens with zero attached hydrogens (tertiary/aromatic N) is 1. The number of para-hydroxylation sites is 2. The van der Waals surface area contributed by atoms with E-state index in [2.05, 4.69) is 10.6 Å². The summed E-state index contributed by atoms with van der Waals surface area (Å²) in [6.07, 6.45) is 0. The third-order valence-electron chi connectivity index (χ3n) is 4.60. The zero-order valence-corrected chi connectivity index (χ0v) is 16.3. The number of anilines is 3. The first-order chi connectivity index (χ1) is 15.0. The van der Waals surface area contributed by atoms with E-state index in [-0.39, 0.29) is 24.6 Å². The molecule has 0 unspecified atom stereocenters. The van der Waals surface area contributed by atoms with Gasteiger partial charge in [-0.15, -0.1) is 0 Å². The summed E-state index contributed by atoms with van der Waals surface area (Å²) in [5.74, 6) is -1.12. The van der Waals surface area contributed by atoms with E-state index >= 15 is 0 Å². The molecule has 0 saturated carbocycles. The highest BCUT2D eigenvalue weighted by Crippen LogP contribution is 2.31. The minimum absolute atomic E-state index is 0.139. The highest BCUT2D eigenvalue weighted by molar-refractivity contribution is 6.07. The van der Waals surface area contributed by atoms with Crippen LogP contribution in [0.1, 0.15) is 10.4 Å². The van der Waals surface area contributed by atoms with Gasteiger partial charge in [-0.25, -0.2) is 4.39 Å². The van der Waals surface area contributed by atoms with Crippen LogP contribution in [0.3, 0.4) is 0 Å². The molecule has 0 saturated heterocycles. The van der Waals surface area contributed by atoms with E-state index < -0.39 is 17.6 Å². The SMILES string of the molecule is O=C(CN1C(=O)COc2ccccc21)Nc1cccc(C(=O)Nc2cccc(F)c2)c1. The van der Waals surface area contributed by atoms with Crippen molar-refractivity contribution in [2.75, 3.05) is 28.7 Å². The highest BCUT2D eigenvalue weighted by atomic mass is 19.1. The second-order valence-electron chi connectivity index (χ2n) is 6.83. The fourth-order valence-corrected chi connectivity index (χ4v) is 3.18. The average Bonchev–Trinajstić information content (AvgIpc) is 2.76. The van der Waals surface area contributed by atoms with Gasteiger partial charge in [-0.2, -0.15) is 0 Å². The van der Waals surface area contributed by atoms with Crippen molar-refractivity contribution < 1.29 is 23.5 Å². The lowest BCUT2D eigenvalue weighted by Crippen LogP contribution is -2.43. The highest BCUT2D eigenvalue weighted by Gasteiger charge is 2.27. The van der Waals surface area contributed by atoms with E-state index in [4.69, 9.17) is 4.74 Å². The Hall–Kier alpha value is -4.20. The molecular formula is C23H18FN3O4. The van der Waals surface area contributed by atoms with Crippen molar-refractivity contribution in [2.45, 2.75) is 0 Å². The molecule has 31 heavy (non-hydrogen) atoms. The Balaban J connectivity index is 1.44. The van der Waals surface area contributed by atoms with Crippen LogP contribution in [-0.4, -0.2) is 30.9 Å². The standard InChI is InChI=1S/C23H18FN3O4/c24-16-6-4-8-18(12-16)26-23(30)15-5-3-7-17(11-15)25-21(28)13-27-19-9-1-2-10-20(19)31-14-22(27)29/h1-12H,13-14H2,(H,25,28)(H,26,30). The summed E-state index contributed by atoms with van der Waals surface area (Å²) in [7, 11) is 0. The first kappa shape index (κ1) is 20.1. The summed E-state index contributed by atoms with van der Waals surface area (Å²) < 4.78 is 18.7. The van der Waals surface area contributed by atoms with E-state index in [1.807, 2.05) is 0 Å². The second kappa shape index (κ2) is 8.66. The van der Waals surface area contributed by atoms with E-state index in [9.17, 15) is 18.8 Å². The molecule has 0 spiro atoms. The smallest absolute Gasteiger partial charge is 0.265 e. The summed E-state index contributed by atoms with van der Waals surface area (Å²) in [5, 5.41) is 5.30. The van der Waals surface area contributed by atoms with E-state index in [1.54, 1.807) is 48.5 Å². The average molecular weight is 419 g/mol. The van der Waals surface area contributed by atoms with Crippen LogP contribution in [0.2, 0.25) is 0 Å². The van der Waals surface area contributed by atoms with E-state index in [1.165, 1.54) is 29.2 Å². The van der Waals surface area contributed by atoms with Crippen molar-refractivity contribution in [3.05, 3.63) is 84.2 Å². The number of benzene rings is 3. The van der Waals surface area contributed by atoms with Crippen molar-refractivity contribution >= 4 is 34.8 Å². The minimum Gasteiger partial charge on any atom is -0.482 e. The number of halogens is 1. The molecule has 3 aromatic rings. The maximum Gasteiger partial charge on any atom is 0.265 e. The van der Waals surface area contributed by atoms with Crippen molar-refractivity contribution in [1.82, 2.24) is 0 Å². The molecule has 2 N–H and O–H groups in total. The van der Waals surface area contributed by atoms with Crippen molar-refractivity contribution in [3.8, 4) is 5.75 Å². The predicted molar refractivity (Wildman–Crippen MR) is 114 cm³/mol. The van der Waals surface area contributed by atoms with Gasteiger partial charge in [-0.05, 0) is 48.5 Å². The Labute approximate surface area is 177 Å². The molecule has 7 nitrogen and oxygen atoms in total. The normalized spacial score (nSPS) is 12.5. The van der Waals surface area contributed by atoms with Crippen LogP contribution in [0.4, 0.5) is 21.5 Å². The van der Waals surface area contributed by atoms with Gasteiger partial charge in [-0.1, -0.05) is 24.3 Å². The Morgan fingerprint density at radius 1 is 0.935 bits per heavy atom. The van der Waals surface area contributed by atoms with E-state index in [0.29, 0.717) is 22.8 Å². The van der Waals surface area contributed by atoms with Crippen LogP contribution in [-0.2, 0) is 9.59 Å². The van der Waals surface area contributed by atoms with E-state index in [0.717, 1.165) is 0 Å². The summed E-state index contributed by atoms with van der Waals surface area (Å²) in [6, 6.07) is 18.9. The number of rotatable bonds is 5. The molecule has 8 heteroatoms.